The van der Waals surface area contributed by atoms with Crippen LogP contribution in [0.15, 0.2) is 30.3 Å². The van der Waals surface area contributed by atoms with Gasteiger partial charge in [-0.2, -0.15) is 5.10 Å². The third kappa shape index (κ3) is 5.74. The molecule has 2 aromatic rings. The Morgan fingerprint density at radius 1 is 1.30 bits per heavy atom. The molecule has 148 valence electrons. The molecule has 0 aliphatic heterocycles. The summed E-state index contributed by atoms with van der Waals surface area (Å²) in [4.78, 5) is 12.1. The summed E-state index contributed by atoms with van der Waals surface area (Å²) in [6, 6.07) is 9.37. The fourth-order valence-electron chi connectivity index (χ4n) is 2.68. The number of hydrogen-bond donors (Lipinski definition) is 1. The van der Waals surface area contributed by atoms with Gasteiger partial charge in [-0.3, -0.25) is 4.79 Å². The molecule has 27 heavy (non-hydrogen) atoms. The Balaban J connectivity index is 2.36. The van der Waals surface area contributed by atoms with Crippen LogP contribution in [0.4, 0.5) is 0 Å². The van der Waals surface area contributed by atoms with E-state index < -0.39 is 21.8 Å². The molecule has 0 fully saturated rings. The first-order chi connectivity index (χ1) is 12.6. The molecule has 1 aromatic carbocycles. The molecule has 0 unspecified atom stereocenters. The minimum absolute atomic E-state index is 0.107. The highest BCUT2D eigenvalue weighted by atomic mass is 32.2. The molecule has 1 N–H and O–H groups in total. The number of carbonyl (C=O) groups excluding carboxylic acids is 1. The largest absolute Gasteiger partial charge is 0.466 e. The first-order valence-corrected chi connectivity index (χ1v) is 10.2. The van der Waals surface area contributed by atoms with Crippen LogP contribution in [-0.4, -0.2) is 31.3 Å². The predicted molar refractivity (Wildman–Crippen MR) is 108 cm³/mol. The third-order valence-corrected chi connectivity index (χ3v) is 5.62. The molecule has 0 spiro atoms. The van der Waals surface area contributed by atoms with Crippen LogP contribution in [0.1, 0.15) is 57.1 Å². The quantitative estimate of drug-likeness (QED) is 0.733. The molecule has 0 aliphatic rings. The number of nitrogens with one attached hydrogen (secondary N) is 1. The highest BCUT2D eigenvalue weighted by molar-refractivity contribution is 7.84. The van der Waals surface area contributed by atoms with Crippen molar-refractivity contribution in [2.24, 2.45) is 0 Å². The summed E-state index contributed by atoms with van der Waals surface area (Å²) in [5.74, 6) is -0.322. The van der Waals surface area contributed by atoms with Crippen molar-refractivity contribution in [3.8, 4) is 5.69 Å². The Hall–Kier alpha value is -1.99. The van der Waals surface area contributed by atoms with Crippen LogP contribution in [0.3, 0.4) is 0 Å². The summed E-state index contributed by atoms with van der Waals surface area (Å²) in [5, 5.41) is 4.52. The number of aromatic nitrogens is 2. The molecule has 7 heteroatoms. The van der Waals surface area contributed by atoms with Gasteiger partial charge in [0.25, 0.3) is 0 Å². The van der Waals surface area contributed by atoms with Crippen molar-refractivity contribution in [1.29, 1.82) is 0 Å². The molecule has 2 atom stereocenters. The summed E-state index contributed by atoms with van der Waals surface area (Å²) in [5.41, 5.74) is 3.73. The second-order valence-corrected chi connectivity index (χ2v) is 9.49. The van der Waals surface area contributed by atoms with Gasteiger partial charge in [0.2, 0.25) is 0 Å². The molecule has 0 saturated heterocycles. The minimum Gasteiger partial charge on any atom is -0.466 e. The lowest BCUT2D eigenvalue weighted by molar-refractivity contribution is -0.143. The van der Waals surface area contributed by atoms with E-state index in [0.717, 1.165) is 22.6 Å². The highest BCUT2D eigenvalue weighted by Gasteiger charge is 2.26. The van der Waals surface area contributed by atoms with Gasteiger partial charge in [0, 0.05) is 5.69 Å². The van der Waals surface area contributed by atoms with Gasteiger partial charge in [-0.05, 0) is 65.3 Å². The zero-order valence-corrected chi connectivity index (χ0v) is 17.7. The number of ether oxygens (including phenoxy) is 1. The van der Waals surface area contributed by atoms with Crippen LogP contribution in [0, 0.1) is 13.8 Å². The van der Waals surface area contributed by atoms with E-state index in [1.54, 1.807) is 6.92 Å². The second kappa shape index (κ2) is 8.80. The Bertz CT molecular complexity index is 824. The molecule has 0 aliphatic carbocycles. The van der Waals surface area contributed by atoms with E-state index in [4.69, 9.17) is 4.74 Å². The van der Waals surface area contributed by atoms with E-state index in [1.807, 2.05) is 69.6 Å². The number of aryl methyl sites for hydroxylation is 2. The predicted octanol–water partition coefficient (Wildman–Crippen LogP) is 3.54. The first kappa shape index (κ1) is 21.3. The average Bonchev–Trinajstić information content (AvgIpc) is 2.92. The van der Waals surface area contributed by atoms with E-state index in [1.165, 1.54) is 0 Å². The van der Waals surface area contributed by atoms with Crippen LogP contribution in [0.5, 0.6) is 0 Å². The lowest BCUT2D eigenvalue weighted by Gasteiger charge is -2.24. The number of nitrogens with zero attached hydrogens (tertiary/aromatic N) is 2. The van der Waals surface area contributed by atoms with Gasteiger partial charge >= 0.3 is 5.97 Å². The number of hydrogen-bond acceptors (Lipinski definition) is 4. The molecule has 0 bridgehead atoms. The van der Waals surface area contributed by atoms with Crippen LogP contribution >= 0.6 is 0 Å². The molecule has 1 heterocycles. The molecular weight excluding hydrogens is 362 g/mol. The summed E-state index contributed by atoms with van der Waals surface area (Å²) < 4.78 is 22.3. The number of benzene rings is 1. The molecular formula is C20H29N3O3S. The van der Waals surface area contributed by atoms with Crippen molar-refractivity contribution >= 4 is 17.0 Å². The highest BCUT2D eigenvalue weighted by Crippen LogP contribution is 2.24. The molecule has 0 radical (unpaired) electrons. The van der Waals surface area contributed by atoms with E-state index >= 15 is 0 Å². The van der Waals surface area contributed by atoms with Crippen molar-refractivity contribution in [1.82, 2.24) is 14.5 Å². The van der Waals surface area contributed by atoms with Gasteiger partial charge < -0.3 is 4.74 Å². The van der Waals surface area contributed by atoms with E-state index in [2.05, 4.69) is 9.82 Å². The zero-order valence-electron chi connectivity index (χ0n) is 16.9. The maximum atomic E-state index is 12.6. The second-order valence-electron chi connectivity index (χ2n) is 7.49. The van der Waals surface area contributed by atoms with Crippen LogP contribution in [-0.2, 0) is 20.5 Å². The topological polar surface area (TPSA) is 73.2 Å². The fraction of sp³-hybridized carbons (Fsp3) is 0.500. The third-order valence-electron chi connectivity index (χ3n) is 4.01. The van der Waals surface area contributed by atoms with Gasteiger partial charge in [-0.25, -0.2) is 13.6 Å². The number of esters is 1. The van der Waals surface area contributed by atoms with Gasteiger partial charge in [-0.15, -0.1) is 0 Å². The molecule has 0 saturated carbocycles. The molecule has 1 aromatic heterocycles. The van der Waals surface area contributed by atoms with Crippen molar-refractivity contribution < 1.29 is 13.7 Å². The number of carbonyl (C=O) groups is 1. The van der Waals surface area contributed by atoms with Crippen molar-refractivity contribution in [2.45, 2.75) is 58.8 Å². The Kier molecular flexibility index (Phi) is 6.95. The Morgan fingerprint density at radius 2 is 2.00 bits per heavy atom. The normalized spacial score (nSPS) is 14.0. The van der Waals surface area contributed by atoms with Gasteiger partial charge in [-0.1, -0.05) is 12.1 Å². The Labute approximate surface area is 163 Å². The number of rotatable bonds is 7. The van der Waals surface area contributed by atoms with Crippen molar-refractivity contribution in [2.75, 3.05) is 6.61 Å². The fourth-order valence-corrected chi connectivity index (χ4v) is 3.52. The van der Waals surface area contributed by atoms with Gasteiger partial charge in [0.1, 0.15) is 0 Å². The first-order valence-electron chi connectivity index (χ1n) is 9.09. The zero-order chi connectivity index (χ0) is 20.2. The molecule has 2 rings (SSSR count). The minimum atomic E-state index is -1.32. The van der Waals surface area contributed by atoms with Crippen LogP contribution < -0.4 is 4.72 Å². The monoisotopic (exact) mass is 391 g/mol. The average molecular weight is 392 g/mol. The molecule has 0 amide bonds. The van der Waals surface area contributed by atoms with Gasteiger partial charge in [0.15, 0.2) is 0 Å². The van der Waals surface area contributed by atoms with Crippen LogP contribution in [0.2, 0.25) is 0 Å². The maximum absolute atomic E-state index is 12.6. The maximum Gasteiger partial charge on any atom is 0.307 e. The van der Waals surface area contributed by atoms with E-state index in [-0.39, 0.29) is 12.4 Å². The summed E-state index contributed by atoms with van der Waals surface area (Å²) in [6.07, 6.45) is 0.107. The van der Waals surface area contributed by atoms with Gasteiger partial charge in [0.05, 0.1) is 46.2 Å². The van der Waals surface area contributed by atoms with E-state index in [9.17, 15) is 9.00 Å². The lowest BCUT2D eigenvalue weighted by Crippen LogP contribution is -2.36. The standard InChI is InChI=1S/C20H29N3O3S/c1-7-26-19(24)13-18(22-27(25)20(4,5)6)16-9-8-10-17(12-16)23-15(3)11-14(2)21-23/h8-12,18,22H,7,13H2,1-6H3/t18-,27+/m0/s1. The van der Waals surface area contributed by atoms with Crippen molar-refractivity contribution in [3.05, 3.63) is 47.3 Å². The smallest absolute Gasteiger partial charge is 0.307 e. The Morgan fingerprint density at radius 3 is 2.56 bits per heavy atom. The molecule has 6 nitrogen and oxygen atoms in total. The summed E-state index contributed by atoms with van der Waals surface area (Å²) >= 11 is 0. The van der Waals surface area contributed by atoms with E-state index in [0.29, 0.717) is 6.61 Å². The van der Waals surface area contributed by atoms with Crippen LogP contribution in [0.25, 0.3) is 5.69 Å². The summed E-state index contributed by atoms with van der Waals surface area (Å²) in [7, 11) is -1.32. The van der Waals surface area contributed by atoms with Crippen molar-refractivity contribution in [3.63, 3.8) is 0 Å². The SMILES string of the molecule is CCOC(=O)C[C@H](N[S@](=O)C(C)(C)C)c1cccc(-n2nc(C)cc2C)c1. The summed E-state index contributed by atoms with van der Waals surface area (Å²) in [6.45, 7) is 11.7. The lowest BCUT2D eigenvalue weighted by atomic mass is 10.0.